The Labute approximate surface area is 113 Å². The van der Waals surface area contributed by atoms with Crippen molar-refractivity contribution in [3.63, 3.8) is 0 Å². The predicted molar refractivity (Wildman–Crippen MR) is 71.0 cm³/mol. The standard InChI is InChI=1S/C14H11ClF3N/c1-8-12(19)6-5-11(13(8)15)9-3-2-4-10(7-9)14(16,17)18/h2-7H,19H2,1H3. The minimum Gasteiger partial charge on any atom is -0.398 e. The number of halogens is 4. The first-order valence-corrected chi connectivity index (χ1v) is 5.90. The third kappa shape index (κ3) is 2.68. The number of alkyl halides is 3. The van der Waals surface area contributed by atoms with Crippen LogP contribution in [0.3, 0.4) is 0 Å². The van der Waals surface area contributed by atoms with Crippen LogP contribution >= 0.6 is 11.6 Å². The van der Waals surface area contributed by atoms with Crippen LogP contribution in [-0.4, -0.2) is 0 Å². The predicted octanol–water partition coefficient (Wildman–Crippen LogP) is 4.92. The number of rotatable bonds is 1. The zero-order valence-electron chi connectivity index (χ0n) is 10.1. The van der Waals surface area contributed by atoms with Gasteiger partial charge in [-0.3, -0.25) is 0 Å². The second kappa shape index (κ2) is 4.78. The summed E-state index contributed by atoms with van der Waals surface area (Å²) in [5.74, 6) is 0. The van der Waals surface area contributed by atoms with Crippen molar-refractivity contribution in [2.45, 2.75) is 13.1 Å². The molecule has 0 amide bonds. The first-order chi connectivity index (χ1) is 8.80. The molecule has 0 fully saturated rings. The Balaban J connectivity index is 2.57. The summed E-state index contributed by atoms with van der Waals surface area (Å²) in [7, 11) is 0. The largest absolute Gasteiger partial charge is 0.416 e. The van der Waals surface area contributed by atoms with Crippen molar-refractivity contribution in [3.8, 4) is 11.1 Å². The van der Waals surface area contributed by atoms with Gasteiger partial charge in [-0.1, -0.05) is 29.8 Å². The molecule has 0 unspecified atom stereocenters. The number of benzene rings is 2. The van der Waals surface area contributed by atoms with Gasteiger partial charge in [0.25, 0.3) is 0 Å². The van der Waals surface area contributed by atoms with Crippen molar-refractivity contribution < 1.29 is 13.2 Å². The Kier molecular flexibility index (Phi) is 3.45. The van der Waals surface area contributed by atoms with Gasteiger partial charge in [-0.25, -0.2) is 0 Å². The summed E-state index contributed by atoms with van der Waals surface area (Å²) in [4.78, 5) is 0. The molecule has 0 aromatic heterocycles. The molecule has 0 atom stereocenters. The van der Waals surface area contributed by atoms with E-state index in [2.05, 4.69) is 0 Å². The molecule has 5 heteroatoms. The van der Waals surface area contributed by atoms with Crippen LogP contribution in [0.4, 0.5) is 18.9 Å². The maximum absolute atomic E-state index is 12.7. The molecule has 2 aromatic carbocycles. The van der Waals surface area contributed by atoms with Crippen molar-refractivity contribution in [2.75, 3.05) is 5.73 Å². The van der Waals surface area contributed by atoms with E-state index in [1.807, 2.05) is 0 Å². The molecule has 0 radical (unpaired) electrons. The van der Waals surface area contributed by atoms with E-state index < -0.39 is 11.7 Å². The SMILES string of the molecule is Cc1c(N)ccc(-c2cccc(C(F)(F)F)c2)c1Cl. The van der Waals surface area contributed by atoms with Gasteiger partial charge in [0.15, 0.2) is 0 Å². The van der Waals surface area contributed by atoms with E-state index >= 15 is 0 Å². The fraction of sp³-hybridized carbons (Fsp3) is 0.143. The Bertz CT molecular complexity index is 621. The highest BCUT2D eigenvalue weighted by atomic mass is 35.5. The number of anilines is 1. The lowest BCUT2D eigenvalue weighted by molar-refractivity contribution is -0.137. The molecule has 0 saturated heterocycles. The molecule has 19 heavy (non-hydrogen) atoms. The van der Waals surface area contributed by atoms with Gasteiger partial charge in [0.2, 0.25) is 0 Å². The quantitative estimate of drug-likeness (QED) is 0.740. The van der Waals surface area contributed by atoms with Crippen molar-refractivity contribution in [2.24, 2.45) is 0 Å². The van der Waals surface area contributed by atoms with E-state index in [0.717, 1.165) is 12.1 Å². The third-order valence-electron chi connectivity index (χ3n) is 2.93. The van der Waals surface area contributed by atoms with Crippen LogP contribution < -0.4 is 5.73 Å². The van der Waals surface area contributed by atoms with E-state index in [-0.39, 0.29) is 0 Å². The Morgan fingerprint density at radius 3 is 2.42 bits per heavy atom. The third-order valence-corrected chi connectivity index (χ3v) is 3.42. The smallest absolute Gasteiger partial charge is 0.398 e. The molecule has 2 N–H and O–H groups in total. The summed E-state index contributed by atoms with van der Waals surface area (Å²) < 4.78 is 38.0. The Morgan fingerprint density at radius 2 is 1.79 bits per heavy atom. The van der Waals surface area contributed by atoms with E-state index in [0.29, 0.717) is 27.4 Å². The maximum Gasteiger partial charge on any atom is 0.416 e. The molecule has 0 aliphatic heterocycles. The van der Waals surface area contributed by atoms with Gasteiger partial charge in [0.1, 0.15) is 0 Å². The number of nitrogen functional groups attached to an aromatic ring is 1. The van der Waals surface area contributed by atoms with E-state index in [1.54, 1.807) is 25.1 Å². The lowest BCUT2D eigenvalue weighted by atomic mass is 10.0. The molecule has 0 aliphatic carbocycles. The lowest BCUT2D eigenvalue weighted by Crippen LogP contribution is -2.04. The van der Waals surface area contributed by atoms with Crippen LogP contribution in [0.2, 0.25) is 5.02 Å². The summed E-state index contributed by atoms with van der Waals surface area (Å²) >= 11 is 6.14. The van der Waals surface area contributed by atoms with Gasteiger partial charge in [-0.2, -0.15) is 13.2 Å². The Morgan fingerprint density at radius 1 is 1.11 bits per heavy atom. The molecule has 0 heterocycles. The average molecular weight is 286 g/mol. The fourth-order valence-corrected chi connectivity index (χ4v) is 2.07. The summed E-state index contributed by atoms with van der Waals surface area (Å²) in [5.41, 5.74) is 7.14. The minimum absolute atomic E-state index is 0.374. The average Bonchev–Trinajstić information content (AvgIpc) is 2.35. The number of hydrogen-bond donors (Lipinski definition) is 1. The van der Waals surface area contributed by atoms with Crippen LogP contribution in [0.15, 0.2) is 36.4 Å². The minimum atomic E-state index is -4.37. The van der Waals surface area contributed by atoms with Gasteiger partial charge >= 0.3 is 6.18 Å². The van der Waals surface area contributed by atoms with Gasteiger partial charge in [-0.15, -0.1) is 0 Å². The molecule has 0 saturated carbocycles. The zero-order chi connectivity index (χ0) is 14.2. The molecular formula is C14H11ClF3N. The van der Waals surface area contributed by atoms with Crippen LogP contribution in [0, 0.1) is 6.92 Å². The summed E-state index contributed by atoms with van der Waals surface area (Å²) in [6.45, 7) is 1.73. The zero-order valence-corrected chi connectivity index (χ0v) is 10.8. The fourth-order valence-electron chi connectivity index (χ4n) is 1.79. The van der Waals surface area contributed by atoms with Crippen LogP contribution in [-0.2, 0) is 6.18 Å². The van der Waals surface area contributed by atoms with E-state index in [4.69, 9.17) is 17.3 Å². The van der Waals surface area contributed by atoms with Crippen molar-refractivity contribution in [1.29, 1.82) is 0 Å². The molecule has 0 bridgehead atoms. The molecule has 2 rings (SSSR count). The normalized spacial score (nSPS) is 11.6. The van der Waals surface area contributed by atoms with Gasteiger partial charge in [0, 0.05) is 11.3 Å². The number of nitrogens with two attached hydrogens (primary N) is 1. The van der Waals surface area contributed by atoms with Gasteiger partial charge < -0.3 is 5.73 Å². The van der Waals surface area contributed by atoms with Crippen LogP contribution in [0.5, 0.6) is 0 Å². The second-order valence-corrected chi connectivity index (χ2v) is 4.60. The topological polar surface area (TPSA) is 26.0 Å². The first kappa shape index (κ1) is 13.7. The first-order valence-electron chi connectivity index (χ1n) is 5.53. The highest BCUT2D eigenvalue weighted by molar-refractivity contribution is 6.34. The monoisotopic (exact) mass is 285 g/mol. The second-order valence-electron chi connectivity index (χ2n) is 4.22. The van der Waals surface area contributed by atoms with Gasteiger partial charge in [-0.05, 0) is 36.2 Å². The van der Waals surface area contributed by atoms with Gasteiger partial charge in [0.05, 0.1) is 10.6 Å². The van der Waals surface area contributed by atoms with Crippen LogP contribution in [0.25, 0.3) is 11.1 Å². The van der Waals surface area contributed by atoms with Crippen molar-refractivity contribution >= 4 is 17.3 Å². The molecule has 2 aromatic rings. The lowest BCUT2D eigenvalue weighted by Gasteiger charge is -2.12. The highest BCUT2D eigenvalue weighted by Crippen LogP contribution is 2.36. The van der Waals surface area contributed by atoms with E-state index in [9.17, 15) is 13.2 Å². The summed E-state index contributed by atoms with van der Waals surface area (Å²) in [6.07, 6.45) is -4.37. The summed E-state index contributed by atoms with van der Waals surface area (Å²) in [5, 5.41) is 0.374. The molecule has 0 aliphatic rings. The molecule has 100 valence electrons. The van der Waals surface area contributed by atoms with Crippen LogP contribution in [0.1, 0.15) is 11.1 Å². The molecular weight excluding hydrogens is 275 g/mol. The van der Waals surface area contributed by atoms with Crippen molar-refractivity contribution in [1.82, 2.24) is 0 Å². The van der Waals surface area contributed by atoms with Crippen molar-refractivity contribution in [3.05, 3.63) is 52.5 Å². The summed E-state index contributed by atoms with van der Waals surface area (Å²) in [6, 6.07) is 8.32. The Hall–Kier alpha value is -1.68. The molecule has 1 nitrogen and oxygen atoms in total. The number of hydrogen-bond acceptors (Lipinski definition) is 1. The molecule has 0 spiro atoms. The maximum atomic E-state index is 12.7. The highest BCUT2D eigenvalue weighted by Gasteiger charge is 2.30. The van der Waals surface area contributed by atoms with E-state index in [1.165, 1.54) is 6.07 Å².